The Morgan fingerprint density at radius 2 is 1.71 bits per heavy atom. The molecule has 0 amide bonds. The summed E-state index contributed by atoms with van der Waals surface area (Å²) < 4.78 is 5.20. The second-order valence-corrected chi connectivity index (χ2v) is 3.58. The van der Waals surface area contributed by atoms with Crippen LogP contribution in [0.5, 0.6) is 0 Å². The van der Waals surface area contributed by atoms with Gasteiger partial charge in [0.15, 0.2) is 0 Å². The SMILES string of the molecule is NCC(CN)[C@@H]1OC[C@@H](O)[C@H](O)[C@H]1O. The molecule has 0 radical (unpaired) electrons. The minimum absolute atomic E-state index is 0.000602. The molecular formula is C8H18N2O4. The standard InChI is InChI=1S/C8H18N2O4/c9-1-4(2-10)8-7(13)6(12)5(11)3-14-8/h4-8,11-13H,1-3,9-10H2/t5-,6+,7-,8+/m1/s1. The summed E-state index contributed by atoms with van der Waals surface area (Å²) in [7, 11) is 0. The first kappa shape index (κ1) is 11.8. The van der Waals surface area contributed by atoms with Gasteiger partial charge in [-0.25, -0.2) is 0 Å². The van der Waals surface area contributed by atoms with E-state index in [1.807, 2.05) is 0 Å². The van der Waals surface area contributed by atoms with E-state index in [-0.39, 0.29) is 25.6 Å². The van der Waals surface area contributed by atoms with Crippen LogP contribution in [-0.2, 0) is 4.74 Å². The molecule has 0 aromatic carbocycles. The van der Waals surface area contributed by atoms with Crippen LogP contribution in [0.25, 0.3) is 0 Å². The van der Waals surface area contributed by atoms with E-state index >= 15 is 0 Å². The maximum atomic E-state index is 9.59. The molecule has 0 spiro atoms. The van der Waals surface area contributed by atoms with Crippen molar-refractivity contribution in [1.29, 1.82) is 0 Å². The van der Waals surface area contributed by atoms with Crippen molar-refractivity contribution in [3.63, 3.8) is 0 Å². The van der Waals surface area contributed by atoms with E-state index in [1.165, 1.54) is 0 Å². The lowest BCUT2D eigenvalue weighted by atomic mass is 9.90. The van der Waals surface area contributed by atoms with E-state index < -0.39 is 24.4 Å². The zero-order valence-corrected chi connectivity index (χ0v) is 7.91. The summed E-state index contributed by atoms with van der Waals surface area (Å²) >= 11 is 0. The largest absolute Gasteiger partial charge is 0.388 e. The van der Waals surface area contributed by atoms with Crippen LogP contribution in [0.1, 0.15) is 0 Å². The van der Waals surface area contributed by atoms with Gasteiger partial charge in [-0.3, -0.25) is 0 Å². The first-order chi connectivity index (χ1) is 6.61. The molecular weight excluding hydrogens is 188 g/mol. The van der Waals surface area contributed by atoms with Crippen LogP contribution in [0.2, 0.25) is 0 Å². The zero-order chi connectivity index (χ0) is 10.7. The maximum absolute atomic E-state index is 9.59. The number of aliphatic hydroxyl groups is 3. The van der Waals surface area contributed by atoms with Gasteiger partial charge in [-0.15, -0.1) is 0 Å². The molecule has 84 valence electrons. The fourth-order valence-electron chi connectivity index (χ4n) is 1.61. The second kappa shape index (κ2) is 5.01. The van der Waals surface area contributed by atoms with E-state index in [1.54, 1.807) is 0 Å². The summed E-state index contributed by atoms with van der Waals surface area (Å²) in [5.74, 6) is -0.202. The van der Waals surface area contributed by atoms with E-state index in [9.17, 15) is 15.3 Å². The van der Waals surface area contributed by atoms with Crippen molar-refractivity contribution in [3.05, 3.63) is 0 Å². The van der Waals surface area contributed by atoms with Gasteiger partial charge in [-0.05, 0) is 13.1 Å². The molecule has 0 saturated carbocycles. The smallest absolute Gasteiger partial charge is 0.111 e. The highest BCUT2D eigenvalue weighted by Gasteiger charge is 2.40. The fourth-order valence-corrected chi connectivity index (χ4v) is 1.61. The summed E-state index contributed by atoms with van der Waals surface area (Å²) in [5.41, 5.74) is 10.9. The van der Waals surface area contributed by atoms with Gasteiger partial charge in [0.25, 0.3) is 0 Å². The molecule has 0 unspecified atom stereocenters. The van der Waals surface area contributed by atoms with Gasteiger partial charge in [0, 0.05) is 5.92 Å². The monoisotopic (exact) mass is 206 g/mol. The quantitative estimate of drug-likeness (QED) is 0.335. The second-order valence-electron chi connectivity index (χ2n) is 3.58. The Morgan fingerprint density at radius 1 is 1.14 bits per heavy atom. The van der Waals surface area contributed by atoms with E-state index in [0.29, 0.717) is 0 Å². The maximum Gasteiger partial charge on any atom is 0.111 e. The van der Waals surface area contributed by atoms with Gasteiger partial charge in [-0.2, -0.15) is 0 Å². The third-order valence-corrected chi connectivity index (χ3v) is 2.61. The van der Waals surface area contributed by atoms with Crippen LogP contribution in [0.3, 0.4) is 0 Å². The average molecular weight is 206 g/mol. The van der Waals surface area contributed by atoms with Crippen molar-refractivity contribution >= 4 is 0 Å². The molecule has 1 aliphatic heterocycles. The van der Waals surface area contributed by atoms with E-state index in [4.69, 9.17) is 16.2 Å². The van der Waals surface area contributed by atoms with Crippen molar-refractivity contribution < 1.29 is 20.1 Å². The number of hydrogen-bond acceptors (Lipinski definition) is 6. The van der Waals surface area contributed by atoms with Crippen molar-refractivity contribution in [3.8, 4) is 0 Å². The summed E-state index contributed by atoms with van der Waals surface area (Å²) in [4.78, 5) is 0. The van der Waals surface area contributed by atoms with Crippen LogP contribution in [0, 0.1) is 5.92 Å². The molecule has 0 aliphatic carbocycles. The predicted octanol–water partition coefficient (Wildman–Crippen LogP) is -3.00. The zero-order valence-electron chi connectivity index (χ0n) is 7.91. The molecule has 1 heterocycles. The van der Waals surface area contributed by atoms with Crippen LogP contribution >= 0.6 is 0 Å². The third-order valence-electron chi connectivity index (χ3n) is 2.61. The summed E-state index contributed by atoms with van der Waals surface area (Å²) in [6.45, 7) is 0.557. The highest BCUT2D eigenvalue weighted by atomic mass is 16.5. The van der Waals surface area contributed by atoms with E-state index in [0.717, 1.165) is 0 Å². The Morgan fingerprint density at radius 3 is 2.21 bits per heavy atom. The van der Waals surface area contributed by atoms with Crippen LogP contribution < -0.4 is 11.5 Å². The Kier molecular flexibility index (Phi) is 4.24. The van der Waals surface area contributed by atoms with Crippen LogP contribution in [0.4, 0.5) is 0 Å². The van der Waals surface area contributed by atoms with Gasteiger partial charge in [-0.1, -0.05) is 0 Å². The molecule has 1 rings (SSSR count). The predicted molar refractivity (Wildman–Crippen MR) is 49.4 cm³/mol. The fraction of sp³-hybridized carbons (Fsp3) is 1.00. The third kappa shape index (κ3) is 2.22. The molecule has 6 heteroatoms. The van der Waals surface area contributed by atoms with Crippen molar-refractivity contribution in [1.82, 2.24) is 0 Å². The van der Waals surface area contributed by atoms with Crippen molar-refractivity contribution in [2.45, 2.75) is 24.4 Å². The molecule has 6 nitrogen and oxygen atoms in total. The average Bonchev–Trinajstić information content (AvgIpc) is 2.19. The van der Waals surface area contributed by atoms with Crippen LogP contribution in [-0.4, -0.2) is 59.4 Å². The van der Waals surface area contributed by atoms with E-state index in [2.05, 4.69) is 0 Å². The Balaban J connectivity index is 2.62. The Hall–Kier alpha value is -0.240. The van der Waals surface area contributed by atoms with Crippen LogP contribution in [0.15, 0.2) is 0 Å². The lowest BCUT2D eigenvalue weighted by Crippen LogP contribution is -2.57. The Labute approximate surface area is 82.5 Å². The minimum Gasteiger partial charge on any atom is -0.388 e. The van der Waals surface area contributed by atoms with Gasteiger partial charge in [0.05, 0.1) is 12.7 Å². The highest BCUT2D eigenvalue weighted by Crippen LogP contribution is 2.20. The topological polar surface area (TPSA) is 122 Å². The van der Waals surface area contributed by atoms with Crippen molar-refractivity contribution in [2.24, 2.45) is 17.4 Å². The molecule has 1 fully saturated rings. The number of aliphatic hydroxyl groups excluding tert-OH is 3. The molecule has 4 atom stereocenters. The number of rotatable bonds is 3. The normalized spacial score (nSPS) is 39.0. The summed E-state index contributed by atoms with van der Waals surface area (Å²) in [6, 6.07) is 0. The lowest BCUT2D eigenvalue weighted by Gasteiger charge is -2.38. The van der Waals surface area contributed by atoms with Gasteiger partial charge >= 0.3 is 0 Å². The first-order valence-corrected chi connectivity index (χ1v) is 4.67. The Bertz CT molecular complexity index is 177. The first-order valence-electron chi connectivity index (χ1n) is 4.67. The van der Waals surface area contributed by atoms with Gasteiger partial charge < -0.3 is 31.5 Å². The molecule has 0 aromatic rings. The number of ether oxygens (including phenoxy) is 1. The minimum atomic E-state index is -1.19. The number of hydrogen-bond donors (Lipinski definition) is 5. The van der Waals surface area contributed by atoms with Gasteiger partial charge in [0.2, 0.25) is 0 Å². The molecule has 1 saturated heterocycles. The summed E-state index contributed by atoms with van der Waals surface area (Å²) in [5, 5.41) is 28.2. The molecule has 14 heavy (non-hydrogen) atoms. The van der Waals surface area contributed by atoms with Crippen molar-refractivity contribution in [2.75, 3.05) is 19.7 Å². The molecule has 0 aromatic heterocycles. The molecule has 1 aliphatic rings. The van der Waals surface area contributed by atoms with Gasteiger partial charge in [0.1, 0.15) is 18.3 Å². The lowest BCUT2D eigenvalue weighted by molar-refractivity contribution is -0.198. The highest BCUT2D eigenvalue weighted by molar-refractivity contribution is 4.90. The summed E-state index contributed by atoms with van der Waals surface area (Å²) in [6.07, 6.45) is -3.95. The number of nitrogens with two attached hydrogens (primary N) is 2. The molecule has 7 N–H and O–H groups in total. The molecule has 0 bridgehead atoms.